The average molecular weight is 229 g/mol. The Hall–Kier alpha value is -0.820. The van der Waals surface area contributed by atoms with E-state index in [2.05, 4.69) is 26.0 Å². The van der Waals surface area contributed by atoms with Crippen LogP contribution < -0.4 is 5.73 Å². The maximum absolute atomic E-state index is 6.41. The molecular formula is C16H23N. The van der Waals surface area contributed by atoms with Crippen molar-refractivity contribution in [3.63, 3.8) is 0 Å². The third-order valence-electron chi connectivity index (χ3n) is 5.06. The van der Waals surface area contributed by atoms with E-state index in [1.54, 1.807) is 16.7 Å². The van der Waals surface area contributed by atoms with Crippen molar-refractivity contribution in [2.75, 3.05) is 0 Å². The van der Waals surface area contributed by atoms with Gasteiger partial charge in [0.25, 0.3) is 0 Å². The zero-order valence-corrected chi connectivity index (χ0v) is 11.1. The van der Waals surface area contributed by atoms with Crippen LogP contribution in [0.2, 0.25) is 0 Å². The third kappa shape index (κ3) is 1.72. The summed E-state index contributed by atoms with van der Waals surface area (Å²) in [7, 11) is 0. The van der Waals surface area contributed by atoms with Crippen molar-refractivity contribution in [1.82, 2.24) is 0 Å². The average Bonchev–Trinajstić information content (AvgIpc) is 2.33. The largest absolute Gasteiger partial charge is 0.325 e. The van der Waals surface area contributed by atoms with E-state index in [0.717, 1.165) is 6.42 Å². The SMILES string of the molecule is CC1c2ccc3c(c2CCC1(C)N)CCCC3. The van der Waals surface area contributed by atoms with Crippen molar-refractivity contribution in [3.8, 4) is 0 Å². The number of nitrogens with two attached hydrogens (primary N) is 1. The fourth-order valence-corrected chi connectivity index (χ4v) is 3.59. The molecule has 0 heterocycles. The van der Waals surface area contributed by atoms with Crippen LogP contribution in [0.4, 0.5) is 0 Å². The number of hydrogen-bond acceptors (Lipinski definition) is 1. The van der Waals surface area contributed by atoms with Gasteiger partial charge in [-0.2, -0.15) is 0 Å². The van der Waals surface area contributed by atoms with E-state index in [-0.39, 0.29) is 5.54 Å². The molecule has 0 bridgehead atoms. The molecule has 0 aliphatic heterocycles. The molecule has 0 spiro atoms. The van der Waals surface area contributed by atoms with Gasteiger partial charge in [-0.3, -0.25) is 0 Å². The maximum Gasteiger partial charge on any atom is 0.0195 e. The van der Waals surface area contributed by atoms with Gasteiger partial charge in [0.05, 0.1) is 0 Å². The van der Waals surface area contributed by atoms with E-state index in [1.165, 1.54) is 37.7 Å². The minimum Gasteiger partial charge on any atom is -0.325 e. The van der Waals surface area contributed by atoms with Gasteiger partial charge in [-0.1, -0.05) is 19.1 Å². The fourth-order valence-electron chi connectivity index (χ4n) is 3.59. The molecule has 2 atom stereocenters. The summed E-state index contributed by atoms with van der Waals surface area (Å²) in [6.45, 7) is 4.51. The number of fused-ring (bicyclic) bond motifs is 3. The molecule has 2 aliphatic rings. The summed E-state index contributed by atoms with van der Waals surface area (Å²) in [6.07, 6.45) is 7.66. The van der Waals surface area contributed by atoms with Gasteiger partial charge >= 0.3 is 0 Å². The molecule has 3 rings (SSSR count). The predicted molar refractivity (Wildman–Crippen MR) is 72.4 cm³/mol. The normalized spacial score (nSPS) is 31.8. The summed E-state index contributed by atoms with van der Waals surface area (Å²) < 4.78 is 0. The van der Waals surface area contributed by atoms with Crippen LogP contribution >= 0.6 is 0 Å². The minimum absolute atomic E-state index is 0.0180. The summed E-state index contributed by atoms with van der Waals surface area (Å²) in [4.78, 5) is 0. The van der Waals surface area contributed by atoms with Gasteiger partial charge in [-0.25, -0.2) is 0 Å². The highest BCUT2D eigenvalue weighted by Gasteiger charge is 2.34. The second-order valence-electron chi connectivity index (χ2n) is 6.21. The molecular weight excluding hydrogens is 206 g/mol. The number of benzene rings is 1. The molecule has 2 unspecified atom stereocenters. The molecule has 0 amide bonds. The highest BCUT2D eigenvalue weighted by Crippen LogP contribution is 2.40. The van der Waals surface area contributed by atoms with Gasteiger partial charge in [-0.15, -0.1) is 0 Å². The third-order valence-corrected chi connectivity index (χ3v) is 5.06. The van der Waals surface area contributed by atoms with Gasteiger partial charge in [0.1, 0.15) is 0 Å². The van der Waals surface area contributed by atoms with Crippen LogP contribution in [-0.2, 0) is 19.3 Å². The molecule has 92 valence electrons. The Morgan fingerprint density at radius 3 is 2.71 bits per heavy atom. The second-order valence-corrected chi connectivity index (χ2v) is 6.21. The second kappa shape index (κ2) is 3.84. The lowest BCUT2D eigenvalue weighted by Crippen LogP contribution is -2.45. The Morgan fingerprint density at radius 1 is 1.12 bits per heavy atom. The molecule has 2 aliphatic carbocycles. The van der Waals surface area contributed by atoms with Crippen molar-refractivity contribution in [3.05, 3.63) is 34.4 Å². The monoisotopic (exact) mass is 229 g/mol. The Kier molecular flexibility index (Phi) is 2.55. The molecule has 0 radical (unpaired) electrons. The molecule has 0 saturated heterocycles. The summed E-state index contributed by atoms with van der Waals surface area (Å²) >= 11 is 0. The first-order chi connectivity index (χ1) is 8.09. The highest BCUT2D eigenvalue weighted by atomic mass is 14.7. The van der Waals surface area contributed by atoms with Gasteiger partial charge in [-0.05, 0) is 73.6 Å². The van der Waals surface area contributed by atoms with Crippen LogP contribution in [0.25, 0.3) is 0 Å². The molecule has 1 heteroatoms. The van der Waals surface area contributed by atoms with E-state index in [4.69, 9.17) is 5.73 Å². The van der Waals surface area contributed by atoms with Crippen molar-refractivity contribution >= 4 is 0 Å². The minimum atomic E-state index is -0.0180. The molecule has 0 fully saturated rings. The molecule has 0 saturated carbocycles. The van der Waals surface area contributed by atoms with Gasteiger partial charge in [0.15, 0.2) is 0 Å². The Bertz CT molecular complexity index is 445. The van der Waals surface area contributed by atoms with Crippen LogP contribution in [0, 0.1) is 0 Å². The number of aryl methyl sites for hydroxylation is 1. The van der Waals surface area contributed by atoms with Crippen molar-refractivity contribution in [2.45, 2.75) is 63.8 Å². The lowest BCUT2D eigenvalue weighted by atomic mass is 9.69. The summed E-state index contributed by atoms with van der Waals surface area (Å²) in [5.41, 5.74) is 12.9. The van der Waals surface area contributed by atoms with Crippen LogP contribution in [0.3, 0.4) is 0 Å². The van der Waals surface area contributed by atoms with E-state index in [0.29, 0.717) is 5.92 Å². The first-order valence-electron chi connectivity index (χ1n) is 7.02. The zero-order valence-electron chi connectivity index (χ0n) is 11.1. The summed E-state index contributed by atoms with van der Waals surface area (Å²) in [5.74, 6) is 0.499. The molecule has 17 heavy (non-hydrogen) atoms. The fraction of sp³-hybridized carbons (Fsp3) is 0.625. The van der Waals surface area contributed by atoms with Crippen molar-refractivity contribution < 1.29 is 0 Å². The lowest BCUT2D eigenvalue weighted by molar-refractivity contribution is 0.345. The Labute approximate surface area is 104 Å². The van der Waals surface area contributed by atoms with Gasteiger partial charge in [0, 0.05) is 5.54 Å². The van der Waals surface area contributed by atoms with Crippen LogP contribution in [0.5, 0.6) is 0 Å². The van der Waals surface area contributed by atoms with E-state index in [1.807, 2.05) is 0 Å². The lowest BCUT2D eigenvalue weighted by Gasteiger charge is -2.39. The first kappa shape index (κ1) is 11.3. The van der Waals surface area contributed by atoms with Crippen LogP contribution in [0.1, 0.15) is 61.3 Å². The van der Waals surface area contributed by atoms with Crippen molar-refractivity contribution in [1.29, 1.82) is 0 Å². The van der Waals surface area contributed by atoms with Crippen molar-refractivity contribution in [2.24, 2.45) is 5.73 Å². The van der Waals surface area contributed by atoms with Crippen LogP contribution in [0.15, 0.2) is 12.1 Å². The number of rotatable bonds is 0. The summed E-state index contributed by atoms with van der Waals surface area (Å²) in [5, 5.41) is 0. The standard InChI is InChI=1S/C16H23N/c1-11-13-8-7-12-5-3-4-6-14(12)15(13)9-10-16(11,2)17/h7-8,11H,3-6,9-10,17H2,1-2H3. The van der Waals surface area contributed by atoms with E-state index >= 15 is 0 Å². The zero-order chi connectivity index (χ0) is 12.0. The van der Waals surface area contributed by atoms with E-state index < -0.39 is 0 Å². The topological polar surface area (TPSA) is 26.0 Å². The molecule has 1 aromatic rings. The smallest absolute Gasteiger partial charge is 0.0195 e. The molecule has 0 aromatic heterocycles. The maximum atomic E-state index is 6.41. The highest BCUT2D eigenvalue weighted by molar-refractivity contribution is 5.46. The first-order valence-corrected chi connectivity index (χ1v) is 7.02. The summed E-state index contributed by atoms with van der Waals surface area (Å²) in [6, 6.07) is 4.72. The predicted octanol–water partition coefficient (Wildman–Crippen LogP) is 3.33. The van der Waals surface area contributed by atoms with Gasteiger partial charge in [0.2, 0.25) is 0 Å². The van der Waals surface area contributed by atoms with Gasteiger partial charge < -0.3 is 5.73 Å². The van der Waals surface area contributed by atoms with Crippen LogP contribution in [-0.4, -0.2) is 5.54 Å². The number of hydrogen-bond donors (Lipinski definition) is 1. The molecule has 1 aromatic carbocycles. The Balaban J connectivity index is 2.11. The van der Waals surface area contributed by atoms with E-state index in [9.17, 15) is 0 Å². The molecule has 2 N–H and O–H groups in total. The Morgan fingerprint density at radius 2 is 1.88 bits per heavy atom. The molecule has 1 nitrogen and oxygen atoms in total. The quantitative estimate of drug-likeness (QED) is 0.725.